The van der Waals surface area contributed by atoms with Crippen LogP contribution in [0.15, 0.2) is 42.7 Å². The normalized spacial score (nSPS) is 11.0. The minimum atomic E-state index is -0.567. The Bertz CT molecular complexity index is 914. The van der Waals surface area contributed by atoms with Gasteiger partial charge in [0.05, 0.1) is 0 Å². The van der Waals surface area contributed by atoms with Crippen molar-refractivity contribution in [1.82, 2.24) is 9.97 Å². The van der Waals surface area contributed by atoms with Gasteiger partial charge in [-0.2, -0.15) is 0 Å². The highest BCUT2D eigenvalue weighted by Crippen LogP contribution is 2.20. The molecule has 0 radical (unpaired) electrons. The van der Waals surface area contributed by atoms with E-state index in [0.29, 0.717) is 36.2 Å². The summed E-state index contributed by atoms with van der Waals surface area (Å²) in [6, 6.07) is 7.70. The van der Waals surface area contributed by atoms with Crippen LogP contribution in [0.2, 0.25) is 0 Å². The third kappa shape index (κ3) is 4.94. The molecule has 0 unspecified atom stereocenters. The second-order valence-corrected chi connectivity index (χ2v) is 6.77. The molecule has 0 atom stereocenters. The number of nitrogens with zero attached hydrogens (tertiary/aromatic N) is 2. The number of rotatable bonds is 6. The number of hydrogen-bond acceptors (Lipinski definition) is 2. The molecule has 0 aliphatic rings. The summed E-state index contributed by atoms with van der Waals surface area (Å²) in [6.45, 7) is 3.60. The van der Waals surface area contributed by atoms with Gasteiger partial charge in [-0.25, -0.2) is 23.1 Å². The second kappa shape index (κ2) is 8.33. The second-order valence-electron chi connectivity index (χ2n) is 6.77. The molecular weight excluding hydrogens is 349 g/mol. The lowest BCUT2D eigenvalue weighted by Crippen LogP contribution is -2.03. The van der Waals surface area contributed by atoms with Crippen LogP contribution in [-0.2, 0) is 25.7 Å². The Morgan fingerprint density at radius 1 is 0.704 bits per heavy atom. The first-order chi connectivity index (χ1) is 12.9. The number of benzene rings is 2. The smallest absolute Gasteiger partial charge is 0.129 e. The van der Waals surface area contributed by atoms with Crippen LogP contribution in [0, 0.1) is 31.3 Å². The Kier molecular flexibility index (Phi) is 5.89. The third-order valence-electron chi connectivity index (χ3n) is 4.59. The molecule has 0 saturated heterocycles. The molecule has 1 heterocycles. The van der Waals surface area contributed by atoms with Gasteiger partial charge in [0.15, 0.2) is 0 Å². The molecule has 0 amide bonds. The fraction of sp³-hybridized carbons (Fsp3) is 0.273. The van der Waals surface area contributed by atoms with E-state index in [0.717, 1.165) is 11.1 Å². The van der Waals surface area contributed by atoms with Crippen molar-refractivity contribution in [1.29, 1.82) is 0 Å². The van der Waals surface area contributed by atoms with Crippen molar-refractivity contribution in [2.24, 2.45) is 0 Å². The summed E-state index contributed by atoms with van der Waals surface area (Å²) >= 11 is 0. The van der Waals surface area contributed by atoms with Gasteiger partial charge in [0.2, 0.25) is 0 Å². The quantitative estimate of drug-likeness (QED) is 0.605. The van der Waals surface area contributed by atoms with E-state index in [-0.39, 0.29) is 17.8 Å². The maximum absolute atomic E-state index is 14.4. The predicted octanol–water partition coefficient (Wildman–Crippen LogP) is 5.08. The zero-order chi connectivity index (χ0) is 19.4. The Balaban J connectivity index is 1.67. The van der Waals surface area contributed by atoms with E-state index in [4.69, 9.17) is 0 Å². The average Bonchev–Trinajstić information content (AvgIpc) is 2.62. The van der Waals surface area contributed by atoms with E-state index >= 15 is 0 Å². The van der Waals surface area contributed by atoms with Crippen molar-refractivity contribution in [2.45, 2.75) is 39.5 Å². The lowest BCUT2D eigenvalue weighted by molar-refractivity contribution is 0.550. The van der Waals surface area contributed by atoms with Gasteiger partial charge >= 0.3 is 0 Å². The number of hydrogen-bond donors (Lipinski definition) is 0. The lowest BCUT2D eigenvalue weighted by Gasteiger charge is -2.09. The van der Waals surface area contributed by atoms with Crippen molar-refractivity contribution < 1.29 is 13.2 Å². The molecule has 3 rings (SSSR count). The molecule has 3 aromatic rings. The van der Waals surface area contributed by atoms with Crippen molar-refractivity contribution in [2.75, 3.05) is 0 Å². The van der Waals surface area contributed by atoms with Crippen LogP contribution in [0.25, 0.3) is 0 Å². The van der Waals surface area contributed by atoms with Crippen molar-refractivity contribution in [3.8, 4) is 0 Å². The van der Waals surface area contributed by atoms with Crippen LogP contribution in [-0.4, -0.2) is 9.97 Å². The van der Waals surface area contributed by atoms with Gasteiger partial charge in [-0.15, -0.1) is 0 Å². The summed E-state index contributed by atoms with van der Waals surface area (Å²) < 4.78 is 42.7. The third-order valence-corrected chi connectivity index (χ3v) is 4.59. The maximum Gasteiger partial charge on any atom is 0.129 e. The monoisotopic (exact) mass is 370 g/mol. The Morgan fingerprint density at radius 2 is 1.33 bits per heavy atom. The fourth-order valence-corrected chi connectivity index (χ4v) is 2.99. The van der Waals surface area contributed by atoms with Gasteiger partial charge in [-0.3, -0.25) is 0 Å². The molecule has 2 aromatic carbocycles. The molecule has 0 spiro atoms. The Morgan fingerprint density at radius 3 is 1.96 bits per heavy atom. The minimum absolute atomic E-state index is 0.0563. The van der Waals surface area contributed by atoms with Gasteiger partial charge in [0, 0.05) is 18.0 Å². The zero-order valence-corrected chi connectivity index (χ0v) is 15.4. The van der Waals surface area contributed by atoms with Crippen molar-refractivity contribution in [3.63, 3.8) is 0 Å². The van der Waals surface area contributed by atoms with E-state index in [1.54, 1.807) is 25.4 Å². The fourth-order valence-electron chi connectivity index (χ4n) is 2.99. The van der Waals surface area contributed by atoms with Gasteiger partial charge in [-0.05, 0) is 80.0 Å². The molecule has 2 nitrogen and oxygen atoms in total. The SMILES string of the molecule is Cc1ccc(CCc2cc(F)c(CCc3cnc(C)nc3)c(F)c2)c(F)c1. The van der Waals surface area contributed by atoms with E-state index < -0.39 is 11.6 Å². The summed E-state index contributed by atoms with van der Waals surface area (Å²) in [7, 11) is 0. The molecule has 0 aliphatic carbocycles. The molecule has 0 bridgehead atoms. The lowest BCUT2D eigenvalue weighted by atomic mass is 9.99. The van der Waals surface area contributed by atoms with Gasteiger partial charge in [0.1, 0.15) is 23.3 Å². The van der Waals surface area contributed by atoms with Crippen molar-refractivity contribution in [3.05, 3.63) is 93.8 Å². The molecule has 5 heteroatoms. The Hall–Kier alpha value is -2.69. The molecule has 1 aromatic heterocycles. The zero-order valence-electron chi connectivity index (χ0n) is 15.4. The van der Waals surface area contributed by atoms with Crippen LogP contribution in [0.4, 0.5) is 13.2 Å². The van der Waals surface area contributed by atoms with Gasteiger partial charge in [-0.1, -0.05) is 12.1 Å². The van der Waals surface area contributed by atoms with E-state index in [2.05, 4.69) is 9.97 Å². The van der Waals surface area contributed by atoms with Crippen LogP contribution in [0.5, 0.6) is 0 Å². The van der Waals surface area contributed by atoms with E-state index in [9.17, 15) is 13.2 Å². The number of aromatic nitrogens is 2. The molecule has 0 fully saturated rings. The first-order valence-corrected chi connectivity index (χ1v) is 8.91. The predicted molar refractivity (Wildman–Crippen MR) is 99.1 cm³/mol. The highest BCUT2D eigenvalue weighted by atomic mass is 19.1. The minimum Gasteiger partial charge on any atom is -0.241 e. The number of halogens is 3. The number of aryl methyl sites for hydroxylation is 5. The standard InChI is InChI=1S/C22H21F3N2/c1-14-3-6-18(20(23)9-14)7-4-16-10-21(24)19(22(25)11-16)8-5-17-12-26-15(2)27-13-17/h3,6,9-13H,4-5,7-8H2,1-2H3. The Labute approximate surface area is 157 Å². The van der Waals surface area contributed by atoms with Gasteiger partial charge in [0.25, 0.3) is 0 Å². The molecule has 0 N–H and O–H groups in total. The molecule has 27 heavy (non-hydrogen) atoms. The molecule has 140 valence electrons. The van der Waals surface area contributed by atoms with Crippen LogP contribution < -0.4 is 0 Å². The summed E-state index contributed by atoms with van der Waals surface area (Å²) in [6.07, 6.45) is 4.80. The first-order valence-electron chi connectivity index (χ1n) is 8.91. The van der Waals surface area contributed by atoms with Crippen LogP contribution in [0.1, 0.15) is 33.6 Å². The first kappa shape index (κ1) is 19.1. The van der Waals surface area contributed by atoms with Crippen LogP contribution in [0.3, 0.4) is 0 Å². The van der Waals surface area contributed by atoms with Crippen molar-refractivity contribution >= 4 is 0 Å². The highest BCUT2D eigenvalue weighted by Gasteiger charge is 2.12. The average molecular weight is 370 g/mol. The van der Waals surface area contributed by atoms with E-state index in [1.807, 2.05) is 13.0 Å². The summed E-state index contributed by atoms with van der Waals surface area (Å²) in [5.41, 5.74) is 2.80. The molecule has 0 aliphatic heterocycles. The molecular formula is C22H21F3N2. The van der Waals surface area contributed by atoms with E-state index in [1.165, 1.54) is 18.2 Å². The summed E-state index contributed by atoms with van der Waals surface area (Å²) in [5.74, 6) is -0.761. The largest absolute Gasteiger partial charge is 0.241 e. The summed E-state index contributed by atoms with van der Waals surface area (Å²) in [5, 5.41) is 0. The topological polar surface area (TPSA) is 25.8 Å². The van der Waals surface area contributed by atoms with Crippen LogP contribution >= 0.6 is 0 Å². The molecule has 0 saturated carbocycles. The highest BCUT2D eigenvalue weighted by molar-refractivity contribution is 5.29. The summed E-state index contributed by atoms with van der Waals surface area (Å²) in [4.78, 5) is 8.17. The van der Waals surface area contributed by atoms with Gasteiger partial charge < -0.3 is 0 Å². The maximum atomic E-state index is 14.4.